The molecule has 7 aromatic carbocycles. The zero-order valence-corrected chi connectivity index (χ0v) is 25.0. The number of fused-ring (bicyclic) bond motifs is 5. The van der Waals surface area contributed by atoms with Crippen LogP contribution in [0.3, 0.4) is 0 Å². The smallest absolute Gasteiger partial charge is 0.0624 e. The van der Waals surface area contributed by atoms with E-state index in [9.17, 15) is 0 Å². The Morgan fingerprint density at radius 3 is 1.59 bits per heavy atom. The summed E-state index contributed by atoms with van der Waals surface area (Å²) < 4.78 is 0. The fourth-order valence-electron chi connectivity index (χ4n) is 7.26. The molecule has 0 spiro atoms. The van der Waals surface area contributed by atoms with Crippen molar-refractivity contribution in [3.8, 4) is 33.4 Å². The van der Waals surface area contributed by atoms with Gasteiger partial charge < -0.3 is 4.90 Å². The first-order valence-corrected chi connectivity index (χ1v) is 15.4. The number of anilines is 3. The monoisotopic (exact) mass is 563 g/mol. The van der Waals surface area contributed by atoms with E-state index in [0.29, 0.717) is 0 Å². The molecule has 0 aliphatic heterocycles. The van der Waals surface area contributed by atoms with Crippen molar-refractivity contribution in [1.29, 1.82) is 0 Å². The average Bonchev–Trinajstić information content (AvgIpc) is 3.33. The minimum atomic E-state index is -0.136. The molecule has 0 aromatic heterocycles. The van der Waals surface area contributed by atoms with Gasteiger partial charge in [-0.3, -0.25) is 0 Å². The van der Waals surface area contributed by atoms with Crippen LogP contribution < -0.4 is 4.90 Å². The number of benzene rings is 7. The molecule has 1 heteroatoms. The van der Waals surface area contributed by atoms with Gasteiger partial charge in [-0.2, -0.15) is 0 Å². The highest BCUT2D eigenvalue weighted by Crippen LogP contribution is 2.59. The third-order valence-electron chi connectivity index (χ3n) is 9.22. The summed E-state index contributed by atoms with van der Waals surface area (Å²) in [5.74, 6) is 0. The third-order valence-corrected chi connectivity index (χ3v) is 9.22. The summed E-state index contributed by atoms with van der Waals surface area (Å²) in [6, 6.07) is 59.4. The van der Waals surface area contributed by atoms with Crippen LogP contribution in [0.15, 0.2) is 164 Å². The Bertz CT molecular complexity index is 2110. The predicted molar refractivity (Wildman–Crippen MR) is 187 cm³/mol. The molecule has 1 nitrogen and oxygen atoms in total. The Morgan fingerprint density at radius 1 is 0.409 bits per heavy atom. The van der Waals surface area contributed by atoms with E-state index in [1.807, 2.05) is 0 Å². The summed E-state index contributed by atoms with van der Waals surface area (Å²) >= 11 is 0. The first kappa shape index (κ1) is 26.2. The zero-order valence-electron chi connectivity index (χ0n) is 25.0. The molecule has 44 heavy (non-hydrogen) atoms. The minimum Gasteiger partial charge on any atom is -0.309 e. The average molecular weight is 564 g/mol. The van der Waals surface area contributed by atoms with Crippen molar-refractivity contribution in [3.05, 3.63) is 175 Å². The number of nitrogens with zero attached hydrogens (tertiary/aromatic N) is 1. The second kappa shape index (κ2) is 10.4. The lowest BCUT2D eigenvalue weighted by Crippen LogP contribution is -2.17. The van der Waals surface area contributed by atoms with E-state index in [2.05, 4.69) is 183 Å². The molecule has 0 radical (unpaired) electrons. The summed E-state index contributed by atoms with van der Waals surface area (Å²) in [7, 11) is 0. The van der Waals surface area contributed by atoms with E-state index in [4.69, 9.17) is 0 Å². The molecule has 0 atom stereocenters. The lowest BCUT2D eigenvalue weighted by Gasteiger charge is -2.32. The van der Waals surface area contributed by atoms with E-state index in [1.54, 1.807) is 0 Å². The summed E-state index contributed by atoms with van der Waals surface area (Å²) in [5.41, 5.74) is 13.7. The maximum Gasteiger partial charge on any atom is 0.0624 e. The van der Waals surface area contributed by atoms with Crippen LogP contribution >= 0.6 is 0 Å². The molecule has 0 amide bonds. The van der Waals surface area contributed by atoms with Gasteiger partial charge in [0.05, 0.1) is 5.69 Å². The first-order valence-electron chi connectivity index (χ1n) is 15.4. The van der Waals surface area contributed by atoms with Crippen molar-refractivity contribution in [2.75, 3.05) is 4.90 Å². The number of para-hydroxylation sites is 1. The summed E-state index contributed by atoms with van der Waals surface area (Å²) in [6.07, 6.45) is 0. The maximum absolute atomic E-state index is 2.47. The van der Waals surface area contributed by atoms with Crippen LogP contribution in [0.4, 0.5) is 17.1 Å². The summed E-state index contributed by atoms with van der Waals surface area (Å²) in [6.45, 7) is 4.77. The van der Waals surface area contributed by atoms with Gasteiger partial charge in [0.25, 0.3) is 0 Å². The Balaban J connectivity index is 1.50. The van der Waals surface area contributed by atoms with Gasteiger partial charge in [0.1, 0.15) is 0 Å². The number of hydrogen-bond acceptors (Lipinski definition) is 1. The quantitative estimate of drug-likeness (QED) is 0.201. The summed E-state index contributed by atoms with van der Waals surface area (Å²) in [5, 5.41) is 2.56. The Morgan fingerprint density at radius 2 is 0.909 bits per heavy atom. The Kier molecular flexibility index (Phi) is 6.20. The molecular formula is C43H33N. The molecular weight excluding hydrogens is 530 g/mol. The SMILES string of the molecule is CC1(C)c2ccccc2-c2c(-c3ccccc3)c(N(c3ccccc3)c3ccc(-c4ccccc4)cc3)c3ccccc3c21. The zero-order chi connectivity index (χ0) is 29.7. The van der Waals surface area contributed by atoms with Gasteiger partial charge >= 0.3 is 0 Å². The molecule has 0 bridgehead atoms. The van der Waals surface area contributed by atoms with E-state index in [1.165, 1.54) is 61.0 Å². The largest absolute Gasteiger partial charge is 0.309 e. The van der Waals surface area contributed by atoms with Gasteiger partial charge in [-0.25, -0.2) is 0 Å². The second-order valence-corrected chi connectivity index (χ2v) is 12.1. The molecule has 0 saturated heterocycles. The van der Waals surface area contributed by atoms with Crippen LogP contribution in [0.2, 0.25) is 0 Å². The van der Waals surface area contributed by atoms with E-state index < -0.39 is 0 Å². The topological polar surface area (TPSA) is 3.24 Å². The van der Waals surface area contributed by atoms with Crippen molar-refractivity contribution in [2.45, 2.75) is 19.3 Å². The molecule has 210 valence electrons. The predicted octanol–water partition coefficient (Wildman–Crippen LogP) is 11.9. The van der Waals surface area contributed by atoms with Crippen molar-refractivity contribution in [1.82, 2.24) is 0 Å². The van der Waals surface area contributed by atoms with Crippen molar-refractivity contribution < 1.29 is 0 Å². The van der Waals surface area contributed by atoms with Crippen LogP contribution in [0.1, 0.15) is 25.0 Å². The molecule has 7 aromatic rings. The molecule has 1 aliphatic rings. The van der Waals surface area contributed by atoms with Crippen LogP contribution in [-0.4, -0.2) is 0 Å². The fraction of sp³-hybridized carbons (Fsp3) is 0.0698. The molecule has 1 aliphatic carbocycles. The van der Waals surface area contributed by atoms with Gasteiger partial charge in [-0.05, 0) is 68.6 Å². The molecule has 0 fully saturated rings. The molecule has 0 heterocycles. The first-order chi connectivity index (χ1) is 21.6. The van der Waals surface area contributed by atoms with Crippen molar-refractivity contribution >= 4 is 27.8 Å². The third kappa shape index (κ3) is 4.08. The maximum atomic E-state index is 2.47. The molecule has 0 saturated carbocycles. The standard InChI is InChI=1S/C43H33N/c1-43(2)38-25-15-14-24-37(38)40-39(32-18-8-4-9-19-32)42(36-23-13-12-22-35(36)41(40)43)44(33-20-10-5-11-21-33)34-28-26-31(27-29-34)30-16-6-3-7-17-30/h3-29H,1-2H3. The van der Waals surface area contributed by atoms with Gasteiger partial charge in [0.2, 0.25) is 0 Å². The Hall–Kier alpha value is -5.40. The lowest BCUT2D eigenvalue weighted by atomic mass is 9.78. The highest BCUT2D eigenvalue weighted by molar-refractivity contribution is 6.15. The molecule has 0 N–H and O–H groups in total. The van der Waals surface area contributed by atoms with Gasteiger partial charge in [0, 0.05) is 27.7 Å². The fourth-order valence-corrected chi connectivity index (χ4v) is 7.26. The van der Waals surface area contributed by atoms with Gasteiger partial charge in [0.15, 0.2) is 0 Å². The lowest BCUT2D eigenvalue weighted by molar-refractivity contribution is 0.666. The molecule has 8 rings (SSSR count). The molecule has 0 unspecified atom stereocenters. The number of rotatable bonds is 5. The summed E-state index contributed by atoms with van der Waals surface area (Å²) in [4.78, 5) is 2.47. The number of hydrogen-bond donors (Lipinski definition) is 0. The minimum absolute atomic E-state index is 0.136. The van der Waals surface area contributed by atoms with Crippen molar-refractivity contribution in [3.63, 3.8) is 0 Å². The Labute approximate surface area is 259 Å². The van der Waals surface area contributed by atoms with E-state index in [-0.39, 0.29) is 5.41 Å². The second-order valence-electron chi connectivity index (χ2n) is 12.1. The van der Waals surface area contributed by atoms with Gasteiger partial charge in [-0.15, -0.1) is 0 Å². The van der Waals surface area contributed by atoms with E-state index in [0.717, 1.165) is 11.4 Å². The van der Waals surface area contributed by atoms with Crippen LogP contribution in [0.25, 0.3) is 44.2 Å². The van der Waals surface area contributed by atoms with E-state index >= 15 is 0 Å². The van der Waals surface area contributed by atoms with Crippen molar-refractivity contribution in [2.24, 2.45) is 0 Å². The van der Waals surface area contributed by atoms with Crippen LogP contribution in [-0.2, 0) is 5.41 Å². The van der Waals surface area contributed by atoms with Crippen LogP contribution in [0, 0.1) is 0 Å². The highest BCUT2D eigenvalue weighted by atomic mass is 15.1. The normalized spacial score (nSPS) is 13.0. The van der Waals surface area contributed by atoms with Gasteiger partial charge in [-0.1, -0.05) is 153 Å². The van der Waals surface area contributed by atoms with Crippen LogP contribution in [0.5, 0.6) is 0 Å². The highest BCUT2D eigenvalue weighted by Gasteiger charge is 2.40.